The zero-order valence-corrected chi connectivity index (χ0v) is 11.7. The molecular weight excluding hydrogens is 238 g/mol. The van der Waals surface area contributed by atoms with Gasteiger partial charge in [-0.1, -0.05) is 38.2 Å². The Bertz CT molecular complexity index is 442. The van der Waals surface area contributed by atoms with Gasteiger partial charge >= 0.3 is 5.97 Å². The molecule has 1 saturated carbocycles. The molecule has 1 fully saturated rings. The summed E-state index contributed by atoms with van der Waals surface area (Å²) in [6.07, 6.45) is 9.58. The predicted molar refractivity (Wildman–Crippen MR) is 76.2 cm³/mol. The number of allylic oxidation sites excluding steroid dienone is 1. The summed E-state index contributed by atoms with van der Waals surface area (Å²) in [6, 6.07) is 3.93. The minimum Gasteiger partial charge on any atom is -0.464 e. The third-order valence-electron chi connectivity index (χ3n) is 4.00. The van der Waals surface area contributed by atoms with Crippen LogP contribution in [0.3, 0.4) is 0 Å². The Balaban J connectivity index is 2.16. The number of methoxy groups -OCH3 is 1. The lowest BCUT2D eigenvalue weighted by Gasteiger charge is -2.22. The van der Waals surface area contributed by atoms with Gasteiger partial charge in [0.05, 0.1) is 7.11 Å². The summed E-state index contributed by atoms with van der Waals surface area (Å²) in [5.74, 6) is 0.495. The highest BCUT2D eigenvalue weighted by Crippen LogP contribution is 2.27. The Morgan fingerprint density at radius 2 is 2.16 bits per heavy atom. The maximum atomic E-state index is 11.7. The number of ether oxygens (including phenoxy) is 1. The van der Waals surface area contributed by atoms with Crippen LogP contribution in [0.25, 0.3) is 0 Å². The van der Waals surface area contributed by atoms with Crippen LogP contribution in [0.5, 0.6) is 0 Å². The molecule has 0 radical (unpaired) electrons. The second kappa shape index (κ2) is 6.60. The lowest BCUT2D eigenvalue weighted by Crippen LogP contribution is -2.16. The fourth-order valence-electron chi connectivity index (χ4n) is 3.00. The molecule has 0 amide bonds. The molecular formula is C16H23NO2. The van der Waals surface area contributed by atoms with Crippen molar-refractivity contribution in [2.45, 2.75) is 45.1 Å². The van der Waals surface area contributed by atoms with E-state index in [-0.39, 0.29) is 5.97 Å². The van der Waals surface area contributed by atoms with Crippen LogP contribution in [0.2, 0.25) is 0 Å². The molecule has 0 N–H and O–H groups in total. The number of nitrogens with zero attached hydrogens (tertiary/aromatic N) is 1. The van der Waals surface area contributed by atoms with Gasteiger partial charge in [-0.3, -0.25) is 0 Å². The molecule has 0 saturated heterocycles. The van der Waals surface area contributed by atoms with Crippen molar-refractivity contribution in [3.8, 4) is 0 Å². The van der Waals surface area contributed by atoms with Crippen LogP contribution in [0.15, 0.2) is 24.8 Å². The fraction of sp³-hybridized carbons (Fsp3) is 0.562. The molecule has 1 aliphatic rings. The highest BCUT2D eigenvalue weighted by molar-refractivity contribution is 5.87. The number of esters is 1. The van der Waals surface area contributed by atoms with Crippen LogP contribution in [-0.2, 0) is 17.7 Å². The van der Waals surface area contributed by atoms with Crippen molar-refractivity contribution >= 4 is 5.97 Å². The third-order valence-corrected chi connectivity index (χ3v) is 4.00. The van der Waals surface area contributed by atoms with E-state index < -0.39 is 0 Å². The largest absolute Gasteiger partial charge is 0.464 e. The van der Waals surface area contributed by atoms with Crippen molar-refractivity contribution in [2.24, 2.45) is 5.92 Å². The number of carbonyl (C=O) groups excluding carboxylic acids is 1. The van der Waals surface area contributed by atoms with Gasteiger partial charge < -0.3 is 9.30 Å². The molecule has 0 atom stereocenters. The number of rotatable bonds is 5. The SMILES string of the molecule is C=CCn1c(CC2CCCCC2)ccc1C(=O)OC. The topological polar surface area (TPSA) is 31.2 Å². The highest BCUT2D eigenvalue weighted by atomic mass is 16.5. The van der Waals surface area contributed by atoms with E-state index in [1.807, 2.05) is 16.7 Å². The summed E-state index contributed by atoms with van der Waals surface area (Å²) in [5, 5.41) is 0. The molecule has 1 aromatic heterocycles. The quantitative estimate of drug-likeness (QED) is 0.599. The Hall–Kier alpha value is -1.51. The van der Waals surface area contributed by atoms with Gasteiger partial charge in [-0.2, -0.15) is 0 Å². The number of aromatic nitrogens is 1. The standard InChI is InChI=1S/C16H23NO2/c1-3-11-17-14(9-10-15(17)16(18)19-2)12-13-7-5-4-6-8-13/h3,9-10,13H,1,4-8,11-12H2,2H3. The summed E-state index contributed by atoms with van der Waals surface area (Å²) in [5.41, 5.74) is 1.86. The maximum absolute atomic E-state index is 11.7. The highest BCUT2D eigenvalue weighted by Gasteiger charge is 2.19. The second-order valence-electron chi connectivity index (χ2n) is 5.31. The smallest absolute Gasteiger partial charge is 0.354 e. The fourth-order valence-corrected chi connectivity index (χ4v) is 3.00. The first-order valence-electron chi connectivity index (χ1n) is 7.14. The molecule has 104 valence electrons. The van der Waals surface area contributed by atoms with Crippen LogP contribution in [0.1, 0.15) is 48.3 Å². The molecule has 0 bridgehead atoms. The number of hydrogen-bond donors (Lipinski definition) is 0. The van der Waals surface area contributed by atoms with E-state index >= 15 is 0 Å². The van der Waals surface area contributed by atoms with Gasteiger partial charge in [0, 0.05) is 12.2 Å². The Kier molecular flexibility index (Phi) is 4.83. The molecule has 1 aromatic rings. The number of hydrogen-bond acceptors (Lipinski definition) is 2. The van der Waals surface area contributed by atoms with E-state index in [0.717, 1.165) is 12.3 Å². The average Bonchev–Trinajstić information content (AvgIpc) is 2.83. The lowest BCUT2D eigenvalue weighted by atomic mass is 9.86. The molecule has 0 aliphatic heterocycles. The van der Waals surface area contributed by atoms with Gasteiger partial charge in [0.25, 0.3) is 0 Å². The van der Waals surface area contributed by atoms with Gasteiger partial charge in [0.1, 0.15) is 5.69 Å². The van der Waals surface area contributed by atoms with Crippen molar-refractivity contribution < 1.29 is 9.53 Å². The second-order valence-corrected chi connectivity index (χ2v) is 5.31. The molecule has 2 rings (SSSR count). The third kappa shape index (κ3) is 3.28. The van der Waals surface area contributed by atoms with Crippen molar-refractivity contribution in [1.29, 1.82) is 0 Å². The predicted octanol–water partition coefficient (Wildman–Crippen LogP) is 3.58. The van der Waals surface area contributed by atoms with Crippen molar-refractivity contribution in [3.63, 3.8) is 0 Å². The maximum Gasteiger partial charge on any atom is 0.354 e. The number of carbonyl (C=O) groups is 1. The van der Waals surface area contributed by atoms with E-state index in [9.17, 15) is 4.79 Å². The minimum atomic E-state index is -0.267. The molecule has 0 unspecified atom stereocenters. The first-order chi connectivity index (χ1) is 9.26. The normalized spacial score (nSPS) is 16.3. The Morgan fingerprint density at radius 1 is 1.42 bits per heavy atom. The molecule has 3 heteroatoms. The molecule has 0 spiro atoms. The molecule has 1 aliphatic carbocycles. The summed E-state index contributed by atoms with van der Waals surface area (Å²) < 4.78 is 6.87. The zero-order chi connectivity index (χ0) is 13.7. The van der Waals surface area contributed by atoms with Gasteiger partial charge in [-0.25, -0.2) is 4.79 Å². The molecule has 3 nitrogen and oxygen atoms in total. The van der Waals surface area contributed by atoms with E-state index in [4.69, 9.17) is 4.74 Å². The monoisotopic (exact) mass is 261 g/mol. The van der Waals surface area contributed by atoms with Crippen LogP contribution in [0.4, 0.5) is 0 Å². The van der Waals surface area contributed by atoms with E-state index in [0.29, 0.717) is 12.2 Å². The van der Waals surface area contributed by atoms with Crippen LogP contribution < -0.4 is 0 Å². The van der Waals surface area contributed by atoms with Gasteiger partial charge in [0.15, 0.2) is 0 Å². The lowest BCUT2D eigenvalue weighted by molar-refractivity contribution is 0.0588. The van der Waals surface area contributed by atoms with Crippen molar-refractivity contribution in [3.05, 3.63) is 36.2 Å². The van der Waals surface area contributed by atoms with Crippen LogP contribution in [-0.4, -0.2) is 17.6 Å². The average molecular weight is 261 g/mol. The van der Waals surface area contributed by atoms with Crippen molar-refractivity contribution in [2.75, 3.05) is 7.11 Å². The van der Waals surface area contributed by atoms with Crippen molar-refractivity contribution in [1.82, 2.24) is 4.57 Å². The molecule has 19 heavy (non-hydrogen) atoms. The molecule has 1 heterocycles. The summed E-state index contributed by atoms with van der Waals surface area (Å²) in [7, 11) is 1.42. The minimum absolute atomic E-state index is 0.267. The van der Waals surface area contributed by atoms with Gasteiger partial charge in [0.2, 0.25) is 0 Å². The van der Waals surface area contributed by atoms with E-state index in [1.165, 1.54) is 44.9 Å². The summed E-state index contributed by atoms with van der Waals surface area (Å²) in [4.78, 5) is 11.7. The first-order valence-corrected chi connectivity index (χ1v) is 7.14. The van der Waals surface area contributed by atoms with Crippen LogP contribution >= 0.6 is 0 Å². The first kappa shape index (κ1) is 13.9. The van der Waals surface area contributed by atoms with E-state index in [1.54, 1.807) is 0 Å². The summed E-state index contributed by atoms with van der Waals surface area (Å²) >= 11 is 0. The zero-order valence-electron chi connectivity index (χ0n) is 11.7. The van der Waals surface area contributed by atoms with Gasteiger partial charge in [-0.15, -0.1) is 6.58 Å². The Labute approximate surface area is 115 Å². The van der Waals surface area contributed by atoms with E-state index in [2.05, 4.69) is 12.6 Å². The van der Waals surface area contributed by atoms with Gasteiger partial charge in [-0.05, 0) is 24.5 Å². The van der Waals surface area contributed by atoms with Crippen LogP contribution in [0, 0.1) is 5.92 Å². The summed E-state index contributed by atoms with van der Waals surface area (Å²) in [6.45, 7) is 4.44. The molecule has 0 aromatic carbocycles. The Morgan fingerprint density at radius 3 is 2.79 bits per heavy atom.